The fourth-order valence-corrected chi connectivity index (χ4v) is 2.07. The van der Waals surface area contributed by atoms with Crippen molar-refractivity contribution in [1.29, 1.82) is 0 Å². The van der Waals surface area contributed by atoms with E-state index in [0.717, 1.165) is 5.69 Å². The molecule has 2 rings (SSSR count). The molecule has 2 aromatic rings. The molecule has 8 heteroatoms. The molecule has 0 aromatic carbocycles. The van der Waals surface area contributed by atoms with Gasteiger partial charge < -0.3 is 5.32 Å². The molecule has 7 nitrogen and oxygen atoms in total. The van der Waals surface area contributed by atoms with Crippen molar-refractivity contribution in [3.05, 3.63) is 44.8 Å². The number of anilines is 1. The molecule has 0 aliphatic rings. The third-order valence-electron chi connectivity index (χ3n) is 2.67. The van der Waals surface area contributed by atoms with Crippen molar-refractivity contribution in [3.63, 3.8) is 0 Å². The van der Waals surface area contributed by atoms with Gasteiger partial charge in [0.05, 0.1) is 21.6 Å². The summed E-state index contributed by atoms with van der Waals surface area (Å²) in [5.74, 6) is 0.551. The van der Waals surface area contributed by atoms with Crippen molar-refractivity contribution in [2.24, 2.45) is 0 Å². The van der Waals surface area contributed by atoms with Crippen LogP contribution in [0.5, 0.6) is 0 Å². The highest BCUT2D eigenvalue weighted by Crippen LogP contribution is 2.24. The molecule has 0 bridgehead atoms. The van der Waals surface area contributed by atoms with Crippen LogP contribution in [0.1, 0.15) is 25.6 Å². The van der Waals surface area contributed by atoms with Crippen molar-refractivity contribution in [2.45, 2.75) is 26.4 Å². The standard InChI is InChI=1S/C12H14BrN5O2/c1-8(2)17-4-3-9(16-17)6-14-12-11(13)5-10(7-15-12)18(19)20/h3-5,7-8H,6H2,1-2H3,(H,14,15). The van der Waals surface area contributed by atoms with Crippen LogP contribution >= 0.6 is 15.9 Å². The highest BCUT2D eigenvalue weighted by molar-refractivity contribution is 9.10. The van der Waals surface area contributed by atoms with Gasteiger partial charge in [-0.25, -0.2) is 4.98 Å². The van der Waals surface area contributed by atoms with Crippen LogP contribution in [0.3, 0.4) is 0 Å². The van der Waals surface area contributed by atoms with E-state index in [1.807, 2.05) is 16.9 Å². The molecule has 0 unspecified atom stereocenters. The smallest absolute Gasteiger partial charge is 0.288 e. The Labute approximate surface area is 124 Å². The minimum absolute atomic E-state index is 0.0495. The summed E-state index contributed by atoms with van der Waals surface area (Å²) in [4.78, 5) is 14.2. The Morgan fingerprint density at radius 3 is 2.85 bits per heavy atom. The molecule has 0 spiro atoms. The maximum absolute atomic E-state index is 10.6. The van der Waals surface area contributed by atoms with Gasteiger partial charge in [0.2, 0.25) is 0 Å². The number of pyridine rings is 1. The first-order valence-corrected chi connectivity index (χ1v) is 6.84. The fourth-order valence-electron chi connectivity index (χ4n) is 1.59. The number of aromatic nitrogens is 3. The fraction of sp³-hybridized carbons (Fsp3) is 0.333. The Balaban J connectivity index is 2.05. The molecule has 0 aliphatic heterocycles. The van der Waals surface area contributed by atoms with E-state index in [-0.39, 0.29) is 5.69 Å². The van der Waals surface area contributed by atoms with E-state index in [2.05, 4.69) is 45.2 Å². The first kappa shape index (κ1) is 14.4. The van der Waals surface area contributed by atoms with Gasteiger partial charge in [0.25, 0.3) is 5.69 Å². The zero-order valence-electron chi connectivity index (χ0n) is 11.1. The second-order valence-electron chi connectivity index (χ2n) is 4.52. The Bertz CT molecular complexity index is 626. The molecule has 0 radical (unpaired) electrons. The minimum Gasteiger partial charge on any atom is -0.363 e. The average Bonchev–Trinajstić information content (AvgIpc) is 2.86. The number of rotatable bonds is 5. The molecule has 0 aliphatic carbocycles. The monoisotopic (exact) mass is 339 g/mol. The number of hydrogen-bond donors (Lipinski definition) is 1. The molecule has 0 amide bonds. The SMILES string of the molecule is CC(C)n1ccc(CNc2ncc([N+](=O)[O-])cc2Br)n1. The minimum atomic E-state index is -0.480. The predicted octanol–water partition coefficient (Wildman–Crippen LogP) is 3.14. The number of nitrogens with zero attached hydrogens (tertiary/aromatic N) is 4. The van der Waals surface area contributed by atoms with Crippen LogP contribution in [0.25, 0.3) is 0 Å². The predicted molar refractivity (Wildman–Crippen MR) is 78.5 cm³/mol. The van der Waals surface area contributed by atoms with Gasteiger partial charge in [0, 0.05) is 18.3 Å². The summed E-state index contributed by atoms with van der Waals surface area (Å²) in [7, 11) is 0. The van der Waals surface area contributed by atoms with E-state index in [1.165, 1.54) is 12.3 Å². The molecule has 20 heavy (non-hydrogen) atoms. The largest absolute Gasteiger partial charge is 0.363 e. The van der Waals surface area contributed by atoms with E-state index < -0.39 is 4.92 Å². The molecule has 1 N–H and O–H groups in total. The van der Waals surface area contributed by atoms with E-state index in [9.17, 15) is 10.1 Å². The summed E-state index contributed by atoms with van der Waals surface area (Å²) in [6, 6.07) is 3.65. The molecular formula is C12H14BrN5O2. The van der Waals surface area contributed by atoms with Crippen LogP contribution in [0.4, 0.5) is 11.5 Å². The lowest BCUT2D eigenvalue weighted by atomic mass is 10.4. The van der Waals surface area contributed by atoms with Crippen LogP contribution < -0.4 is 5.32 Å². The topological polar surface area (TPSA) is 85.9 Å². The molecule has 2 heterocycles. The van der Waals surface area contributed by atoms with Gasteiger partial charge >= 0.3 is 0 Å². The Hall–Kier alpha value is -1.96. The average molecular weight is 340 g/mol. The zero-order valence-corrected chi connectivity index (χ0v) is 12.7. The molecule has 2 aromatic heterocycles. The van der Waals surface area contributed by atoms with Gasteiger partial charge in [-0.3, -0.25) is 14.8 Å². The van der Waals surface area contributed by atoms with Gasteiger partial charge in [-0.05, 0) is 35.8 Å². The Morgan fingerprint density at radius 2 is 2.30 bits per heavy atom. The van der Waals surface area contributed by atoms with Crippen molar-refractivity contribution < 1.29 is 4.92 Å². The van der Waals surface area contributed by atoms with Crippen LogP contribution in [0.15, 0.2) is 29.0 Å². The first-order chi connectivity index (χ1) is 9.47. The molecule has 0 saturated carbocycles. The maximum Gasteiger partial charge on any atom is 0.288 e. The van der Waals surface area contributed by atoms with Crippen molar-refractivity contribution >= 4 is 27.4 Å². The summed E-state index contributed by atoms with van der Waals surface area (Å²) in [6.45, 7) is 4.61. The number of hydrogen-bond acceptors (Lipinski definition) is 5. The summed E-state index contributed by atoms with van der Waals surface area (Å²) in [6.07, 6.45) is 3.14. The number of halogens is 1. The molecule has 0 atom stereocenters. The molecular weight excluding hydrogens is 326 g/mol. The van der Waals surface area contributed by atoms with E-state index in [0.29, 0.717) is 22.9 Å². The van der Waals surface area contributed by atoms with Gasteiger partial charge in [-0.15, -0.1) is 0 Å². The lowest BCUT2D eigenvalue weighted by molar-refractivity contribution is -0.385. The van der Waals surface area contributed by atoms with Crippen molar-refractivity contribution in [2.75, 3.05) is 5.32 Å². The normalized spacial score (nSPS) is 10.8. The second kappa shape index (κ2) is 6.00. The summed E-state index contributed by atoms with van der Waals surface area (Å²) < 4.78 is 2.42. The summed E-state index contributed by atoms with van der Waals surface area (Å²) >= 11 is 3.26. The first-order valence-electron chi connectivity index (χ1n) is 6.05. The lowest BCUT2D eigenvalue weighted by Gasteiger charge is -2.06. The zero-order chi connectivity index (χ0) is 14.7. The van der Waals surface area contributed by atoms with Crippen molar-refractivity contribution in [3.8, 4) is 0 Å². The maximum atomic E-state index is 10.6. The van der Waals surface area contributed by atoms with Gasteiger partial charge in [-0.1, -0.05) is 0 Å². The number of nitro groups is 1. The van der Waals surface area contributed by atoms with Crippen LogP contribution in [0.2, 0.25) is 0 Å². The van der Waals surface area contributed by atoms with E-state index in [4.69, 9.17) is 0 Å². The summed E-state index contributed by atoms with van der Waals surface area (Å²) in [5, 5.41) is 18.1. The quantitative estimate of drug-likeness (QED) is 0.667. The van der Waals surface area contributed by atoms with Gasteiger partial charge in [0.15, 0.2) is 0 Å². The van der Waals surface area contributed by atoms with Gasteiger partial charge in [-0.2, -0.15) is 5.10 Å². The third-order valence-corrected chi connectivity index (χ3v) is 3.27. The highest BCUT2D eigenvalue weighted by atomic mass is 79.9. The Morgan fingerprint density at radius 1 is 1.55 bits per heavy atom. The van der Waals surface area contributed by atoms with E-state index >= 15 is 0 Å². The van der Waals surface area contributed by atoms with Crippen LogP contribution in [0, 0.1) is 10.1 Å². The number of nitrogens with one attached hydrogen (secondary N) is 1. The lowest BCUT2D eigenvalue weighted by Crippen LogP contribution is -2.06. The second-order valence-corrected chi connectivity index (χ2v) is 5.37. The van der Waals surface area contributed by atoms with Gasteiger partial charge in [0.1, 0.15) is 12.0 Å². The van der Waals surface area contributed by atoms with Crippen LogP contribution in [-0.4, -0.2) is 19.7 Å². The van der Waals surface area contributed by atoms with E-state index in [1.54, 1.807) is 0 Å². The molecule has 0 fully saturated rings. The van der Waals surface area contributed by atoms with Crippen LogP contribution in [-0.2, 0) is 6.54 Å². The van der Waals surface area contributed by atoms with Crippen molar-refractivity contribution in [1.82, 2.24) is 14.8 Å². The summed E-state index contributed by atoms with van der Waals surface area (Å²) in [5.41, 5.74) is 0.831. The molecule has 0 saturated heterocycles. The Kier molecular flexibility index (Phi) is 4.33. The highest BCUT2D eigenvalue weighted by Gasteiger charge is 2.10. The third kappa shape index (κ3) is 3.32. The molecule has 106 valence electrons.